The zero-order valence-electron chi connectivity index (χ0n) is 14.6. The minimum absolute atomic E-state index is 0.0377. The highest BCUT2D eigenvalue weighted by Crippen LogP contribution is 2.12. The lowest BCUT2D eigenvalue weighted by Gasteiger charge is -2.15. The van der Waals surface area contributed by atoms with Crippen LogP contribution in [-0.4, -0.2) is 45.9 Å². The van der Waals surface area contributed by atoms with E-state index >= 15 is 0 Å². The molecule has 1 unspecified atom stereocenters. The number of unbranched alkanes of at least 4 members (excludes halogenated alkanes) is 7. The molecule has 24 heavy (non-hydrogen) atoms. The number of carbonyl (C=O) groups excluding carboxylic acids is 1. The van der Waals surface area contributed by atoms with E-state index < -0.39 is 24.0 Å². The zero-order chi connectivity index (χ0) is 18.2. The van der Waals surface area contributed by atoms with Crippen molar-refractivity contribution in [1.29, 1.82) is 0 Å². The topological polar surface area (TPSA) is 107 Å². The Kier molecular flexibility index (Phi) is 14.3. The van der Waals surface area contributed by atoms with E-state index in [1.807, 2.05) is 6.08 Å². The molecule has 0 spiro atoms. The summed E-state index contributed by atoms with van der Waals surface area (Å²) in [4.78, 5) is 22.6. The average molecular weight is 343 g/mol. The van der Waals surface area contributed by atoms with Gasteiger partial charge in [-0.25, -0.2) is 4.79 Å². The summed E-state index contributed by atoms with van der Waals surface area (Å²) in [5.74, 6) is -1.68. The van der Waals surface area contributed by atoms with E-state index in [1.54, 1.807) is 0 Å². The number of carboxylic acid groups (broad SMARTS) is 1. The van der Waals surface area contributed by atoms with Crippen LogP contribution >= 0.6 is 0 Å². The highest BCUT2D eigenvalue weighted by atomic mass is 16.4. The van der Waals surface area contributed by atoms with Gasteiger partial charge in [0.25, 0.3) is 0 Å². The molecule has 140 valence electrons. The fraction of sp³-hybridized carbons (Fsp3) is 0.778. The molecule has 0 aromatic carbocycles. The molecule has 6 heteroatoms. The fourth-order valence-electron chi connectivity index (χ4n) is 2.51. The predicted molar refractivity (Wildman–Crippen MR) is 93.6 cm³/mol. The Morgan fingerprint density at radius 1 is 1.00 bits per heavy atom. The van der Waals surface area contributed by atoms with Crippen LogP contribution in [0.3, 0.4) is 0 Å². The number of carboxylic acids is 1. The van der Waals surface area contributed by atoms with E-state index in [0.717, 1.165) is 25.7 Å². The third kappa shape index (κ3) is 13.1. The number of nitrogens with one attached hydrogen (secondary N) is 1. The van der Waals surface area contributed by atoms with Crippen molar-refractivity contribution in [3.63, 3.8) is 0 Å². The number of aliphatic hydroxyl groups is 2. The number of carbonyl (C=O) groups is 2. The Balaban J connectivity index is 3.67. The van der Waals surface area contributed by atoms with Crippen molar-refractivity contribution in [2.75, 3.05) is 6.61 Å². The molecule has 1 amide bonds. The van der Waals surface area contributed by atoms with Crippen molar-refractivity contribution in [3.05, 3.63) is 12.7 Å². The predicted octanol–water partition coefficient (Wildman–Crippen LogP) is 2.39. The number of hydrogen-bond acceptors (Lipinski definition) is 4. The lowest BCUT2D eigenvalue weighted by molar-refractivity contribution is -0.142. The van der Waals surface area contributed by atoms with Gasteiger partial charge in [-0.05, 0) is 19.3 Å². The Morgan fingerprint density at radius 3 is 2.12 bits per heavy atom. The molecule has 0 aliphatic heterocycles. The van der Waals surface area contributed by atoms with Crippen LogP contribution in [-0.2, 0) is 9.59 Å². The highest BCUT2D eigenvalue weighted by molar-refractivity contribution is 5.83. The van der Waals surface area contributed by atoms with Gasteiger partial charge in [0.2, 0.25) is 5.91 Å². The summed E-state index contributed by atoms with van der Waals surface area (Å²) in [5.41, 5.74) is 0. The summed E-state index contributed by atoms with van der Waals surface area (Å²) in [6.45, 7) is 3.38. The number of amides is 1. The van der Waals surface area contributed by atoms with E-state index in [2.05, 4.69) is 11.9 Å². The SMILES string of the molecule is C=CCCCCCCCCCC(O)CC(=O)N[C@@H](CCO)C(=O)O. The van der Waals surface area contributed by atoms with Crippen molar-refractivity contribution in [2.24, 2.45) is 0 Å². The van der Waals surface area contributed by atoms with Crippen LogP contribution in [0.25, 0.3) is 0 Å². The molecule has 4 N–H and O–H groups in total. The van der Waals surface area contributed by atoms with Crippen molar-refractivity contribution in [3.8, 4) is 0 Å². The lowest BCUT2D eigenvalue weighted by Crippen LogP contribution is -2.42. The maximum Gasteiger partial charge on any atom is 0.326 e. The second-order valence-corrected chi connectivity index (χ2v) is 6.17. The molecule has 0 aliphatic carbocycles. The molecule has 0 radical (unpaired) electrons. The zero-order valence-corrected chi connectivity index (χ0v) is 14.6. The van der Waals surface area contributed by atoms with Gasteiger partial charge in [-0.15, -0.1) is 6.58 Å². The number of aliphatic hydroxyl groups excluding tert-OH is 2. The molecule has 0 aromatic rings. The van der Waals surface area contributed by atoms with Gasteiger partial charge in [-0.2, -0.15) is 0 Å². The Bertz CT molecular complexity index is 359. The summed E-state index contributed by atoms with van der Waals surface area (Å²) in [7, 11) is 0. The van der Waals surface area contributed by atoms with Crippen molar-refractivity contribution < 1.29 is 24.9 Å². The summed E-state index contributed by atoms with van der Waals surface area (Å²) in [6.07, 6.45) is 10.5. The van der Waals surface area contributed by atoms with Gasteiger partial charge in [0, 0.05) is 13.0 Å². The Labute approximate surface area is 145 Å². The summed E-state index contributed by atoms with van der Waals surface area (Å²) in [5, 5.41) is 29.8. The van der Waals surface area contributed by atoms with Crippen LogP contribution in [0.2, 0.25) is 0 Å². The molecule has 0 fully saturated rings. The first kappa shape index (κ1) is 22.6. The van der Waals surface area contributed by atoms with Crippen LogP contribution in [0.1, 0.15) is 70.6 Å². The van der Waals surface area contributed by atoms with Crippen molar-refractivity contribution >= 4 is 11.9 Å². The number of allylic oxidation sites excluding steroid dienone is 1. The van der Waals surface area contributed by atoms with Crippen LogP contribution < -0.4 is 5.32 Å². The van der Waals surface area contributed by atoms with Crippen molar-refractivity contribution in [1.82, 2.24) is 5.32 Å². The number of rotatable bonds is 16. The molecular weight excluding hydrogens is 310 g/mol. The van der Waals surface area contributed by atoms with Gasteiger partial charge in [-0.3, -0.25) is 4.79 Å². The molecule has 0 aliphatic rings. The first-order valence-electron chi connectivity index (χ1n) is 8.93. The molecular formula is C18H33NO5. The van der Waals surface area contributed by atoms with E-state index in [1.165, 1.54) is 25.7 Å². The van der Waals surface area contributed by atoms with Gasteiger partial charge in [0.05, 0.1) is 12.5 Å². The summed E-state index contributed by atoms with van der Waals surface area (Å²) >= 11 is 0. The molecule has 0 saturated carbocycles. The van der Waals surface area contributed by atoms with Crippen LogP contribution in [0.15, 0.2) is 12.7 Å². The third-order valence-corrected chi connectivity index (χ3v) is 3.92. The second kappa shape index (κ2) is 15.1. The summed E-state index contributed by atoms with van der Waals surface area (Å²) < 4.78 is 0. The lowest BCUT2D eigenvalue weighted by atomic mass is 10.0. The van der Waals surface area contributed by atoms with E-state index in [4.69, 9.17) is 10.2 Å². The first-order valence-corrected chi connectivity index (χ1v) is 8.93. The molecule has 0 aromatic heterocycles. The van der Waals surface area contributed by atoms with Crippen LogP contribution in [0.4, 0.5) is 0 Å². The van der Waals surface area contributed by atoms with Gasteiger partial charge < -0.3 is 20.6 Å². The third-order valence-electron chi connectivity index (χ3n) is 3.92. The standard InChI is InChI=1S/C18H33NO5/c1-2-3-4-5-6-7-8-9-10-11-15(21)14-17(22)19-16(12-13-20)18(23)24/h2,15-16,20-21H,1,3-14H2,(H,19,22)(H,23,24)/t15?,16-/m0/s1. The molecule has 0 rings (SSSR count). The van der Waals surface area contributed by atoms with Crippen LogP contribution in [0, 0.1) is 0 Å². The molecule has 6 nitrogen and oxygen atoms in total. The highest BCUT2D eigenvalue weighted by Gasteiger charge is 2.20. The number of aliphatic carboxylic acids is 1. The molecule has 0 saturated heterocycles. The molecule has 0 heterocycles. The Morgan fingerprint density at radius 2 is 1.58 bits per heavy atom. The van der Waals surface area contributed by atoms with E-state index in [-0.39, 0.29) is 19.4 Å². The summed E-state index contributed by atoms with van der Waals surface area (Å²) in [6, 6.07) is -1.10. The maximum absolute atomic E-state index is 11.7. The smallest absolute Gasteiger partial charge is 0.326 e. The fourth-order valence-corrected chi connectivity index (χ4v) is 2.51. The minimum Gasteiger partial charge on any atom is -0.480 e. The van der Waals surface area contributed by atoms with Crippen LogP contribution in [0.5, 0.6) is 0 Å². The van der Waals surface area contributed by atoms with Gasteiger partial charge in [0.1, 0.15) is 6.04 Å². The normalized spacial score (nSPS) is 13.2. The quantitative estimate of drug-likeness (QED) is 0.254. The monoisotopic (exact) mass is 343 g/mol. The second-order valence-electron chi connectivity index (χ2n) is 6.17. The average Bonchev–Trinajstić information content (AvgIpc) is 2.52. The van der Waals surface area contributed by atoms with Gasteiger partial charge in [0.15, 0.2) is 0 Å². The van der Waals surface area contributed by atoms with Gasteiger partial charge in [-0.1, -0.05) is 44.6 Å². The maximum atomic E-state index is 11.7. The first-order chi connectivity index (χ1) is 11.5. The van der Waals surface area contributed by atoms with E-state index in [9.17, 15) is 14.7 Å². The van der Waals surface area contributed by atoms with Gasteiger partial charge >= 0.3 is 5.97 Å². The van der Waals surface area contributed by atoms with Crippen molar-refractivity contribution in [2.45, 2.75) is 82.8 Å². The molecule has 0 bridgehead atoms. The Hall–Kier alpha value is -1.40. The number of hydrogen-bond donors (Lipinski definition) is 4. The largest absolute Gasteiger partial charge is 0.480 e. The van der Waals surface area contributed by atoms with E-state index in [0.29, 0.717) is 6.42 Å². The molecule has 2 atom stereocenters. The minimum atomic E-state index is -1.18.